The lowest BCUT2D eigenvalue weighted by Gasteiger charge is -2.02. The molecule has 0 fully saturated rings. The summed E-state index contributed by atoms with van der Waals surface area (Å²) in [6.45, 7) is 0. The van der Waals surface area contributed by atoms with Crippen molar-refractivity contribution in [1.29, 1.82) is 0 Å². The molecule has 2 N–H and O–H groups in total. The smallest absolute Gasteiger partial charge is 0.329 e. The molecule has 3 aromatic heterocycles. The van der Waals surface area contributed by atoms with E-state index in [1.165, 1.54) is 18.7 Å². The molecule has 0 aliphatic carbocycles. The Bertz CT molecular complexity index is 905. The molecule has 0 bridgehead atoms. The summed E-state index contributed by atoms with van der Waals surface area (Å²) in [5.41, 5.74) is 0.0918. The molecule has 20 heavy (non-hydrogen) atoms. The Kier molecular flexibility index (Phi) is 2.63. The molecule has 0 amide bonds. The van der Waals surface area contributed by atoms with E-state index in [4.69, 9.17) is 4.74 Å². The van der Waals surface area contributed by atoms with E-state index in [9.17, 15) is 9.59 Å². The van der Waals surface area contributed by atoms with Gasteiger partial charge in [-0.3, -0.25) is 14.3 Å². The quantitative estimate of drug-likeness (QED) is 0.684. The van der Waals surface area contributed by atoms with Gasteiger partial charge < -0.3 is 9.72 Å². The van der Waals surface area contributed by atoms with Crippen LogP contribution in [0.4, 0.5) is 0 Å². The summed E-state index contributed by atoms with van der Waals surface area (Å²) >= 11 is 0. The van der Waals surface area contributed by atoms with Gasteiger partial charge in [0, 0.05) is 13.2 Å². The first-order chi connectivity index (χ1) is 9.61. The van der Waals surface area contributed by atoms with Crippen molar-refractivity contribution in [3.05, 3.63) is 39.2 Å². The summed E-state index contributed by atoms with van der Waals surface area (Å²) in [7, 11) is 3.03. The zero-order valence-corrected chi connectivity index (χ0v) is 10.8. The molecule has 0 atom stereocenters. The van der Waals surface area contributed by atoms with E-state index >= 15 is 0 Å². The zero-order valence-electron chi connectivity index (χ0n) is 10.8. The number of ether oxygens (including phenoxy) is 1. The third kappa shape index (κ3) is 1.69. The number of nitrogens with one attached hydrogen (secondary N) is 2. The highest BCUT2D eigenvalue weighted by Crippen LogP contribution is 2.25. The van der Waals surface area contributed by atoms with Gasteiger partial charge in [-0.15, -0.1) is 0 Å². The highest BCUT2D eigenvalue weighted by atomic mass is 16.5. The predicted octanol–water partition coefficient (Wildman–Crippen LogP) is 0.0205. The predicted molar refractivity (Wildman–Crippen MR) is 71.7 cm³/mol. The minimum atomic E-state index is -0.515. The average Bonchev–Trinajstić information content (AvgIpc) is 2.90. The van der Waals surface area contributed by atoms with Gasteiger partial charge in [-0.1, -0.05) is 0 Å². The molecule has 0 unspecified atom stereocenters. The number of aromatic nitrogens is 5. The average molecular weight is 273 g/mol. The third-order valence-corrected chi connectivity index (χ3v) is 2.97. The number of H-pyrrole nitrogens is 2. The minimum absolute atomic E-state index is 0.230. The molecule has 8 nitrogen and oxygen atoms in total. The number of rotatable bonds is 2. The Labute approximate surface area is 112 Å². The molecule has 0 radical (unpaired) electrons. The molecule has 0 aromatic carbocycles. The van der Waals surface area contributed by atoms with Gasteiger partial charge in [0.05, 0.1) is 12.7 Å². The normalized spacial score (nSPS) is 10.9. The van der Waals surface area contributed by atoms with E-state index in [0.717, 1.165) is 0 Å². The largest absolute Gasteiger partial charge is 0.480 e. The highest BCUT2D eigenvalue weighted by molar-refractivity contribution is 5.76. The maximum Gasteiger partial charge on any atom is 0.329 e. The molecular formula is C12H11N5O3. The van der Waals surface area contributed by atoms with Crippen LogP contribution in [-0.2, 0) is 7.05 Å². The first-order valence-corrected chi connectivity index (χ1v) is 5.80. The van der Waals surface area contributed by atoms with Crippen LogP contribution in [0.15, 0.2) is 27.9 Å². The van der Waals surface area contributed by atoms with Gasteiger partial charge in [0.15, 0.2) is 5.65 Å². The van der Waals surface area contributed by atoms with Crippen molar-refractivity contribution in [2.45, 2.75) is 0 Å². The second-order valence-electron chi connectivity index (χ2n) is 4.16. The standard InChI is InChI=1S/C12H11N5O3/c1-17-9-7(10(18)16-12(17)19)14-8(15-9)6-4-3-5-13-11(6)20-2/h3-5H,1-2H3,(H,14,15)(H,16,18,19). The number of nitrogens with zero attached hydrogens (tertiary/aromatic N) is 3. The van der Waals surface area contributed by atoms with Crippen LogP contribution in [0.3, 0.4) is 0 Å². The van der Waals surface area contributed by atoms with Crippen LogP contribution in [0, 0.1) is 0 Å². The Hall–Kier alpha value is -2.90. The van der Waals surface area contributed by atoms with Crippen LogP contribution >= 0.6 is 0 Å². The Morgan fingerprint density at radius 2 is 2.10 bits per heavy atom. The summed E-state index contributed by atoms with van der Waals surface area (Å²) in [4.78, 5) is 36.7. The number of hydrogen-bond acceptors (Lipinski definition) is 5. The molecule has 3 rings (SSSR count). The lowest BCUT2D eigenvalue weighted by atomic mass is 10.2. The summed E-state index contributed by atoms with van der Waals surface area (Å²) in [5.74, 6) is 0.796. The van der Waals surface area contributed by atoms with Crippen LogP contribution in [0.5, 0.6) is 5.88 Å². The van der Waals surface area contributed by atoms with Crippen LogP contribution in [-0.4, -0.2) is 31.6 Å². The molecule has 0 aliphatic heterocycles. The monoisotopic (exact) mass is 273 g/mol. The molecule has 3 aromatic rings. The Morgan fingerprint density at radius 1 is 1.30 bits per heavy atom. The molecule has 0 spiro atoms. The van der Waals surface area contributed by atoms with Gasteiger partial charge in [-0.25, -0.2) is 14.8 Å². The molecule has 0 aliphatic rings. The summed E-state index contributed by atoms with van der Waals surface area (Å²) in [5, 5.41) is 0. The van der Waals surface area contributed by atoms with Crippen molar-refractivity contribution in [3.8, 4) is 17.3 Å². The van der Waals surface area contributed by atoms with E-state index in [-0.39, 0.29) is 11.2 Å². The maximum absolute atomic E-state index is 11.8. The maximum atomic E-state index is 11.8. The molecule has 8 heteroatoms. The first-order valence-electron chi connectivity index (χ1n) is 5.80. The van der Waals surface area contributed by atoms with Crippen molar-refractivity contribution < 1.29 is 4.74 Å². The molecule has 0 saturated carbocycles. The topological polar surface area (TPSA) is 106 Å². The number of fused-ring (bicyclic) bond motifs is 1. The van der Waals surface area contributed by atoms with Gasteiger partial charge in [-0.05, 0) is 12.1 Å². The summed E-state index contributed by atoms with van der Waals surface area (Å²) < 4.78 is 6.42. The third-order valence-electron chi connectivity index (χ3n) is 2.97. The van der Waals surface area contributed by atoms with Gasteiger partial charge in [0.2, 0.25) is 5.88 Å². The second-order valence-corrected chi connectivity index (χ2v) is 4.16. The Balaban J connectivity index is 2.34. The molecule has 102 valence electrons. The fraction of sp³-hybridized carbons (Fsp3) is 0.167. The number of pyridine rings is 1. The molecule has 3 heterocycles. The van der Waals surface area contributed by atoms with Gasteiger partial charge >= 0.3 is 5.69 Å². The lowest BCUT2D eigenvalue weighted by molar-refractivity contribution is 0.399. The van der Waals surface area contributed by atoms with Gasteiger partial charge in [-0.2, -0.15) is 0 Å². The van der Waals surface area contributed by atoms with Crippen molar-refractivity contribution in [2.24, 2.45) is 7.05 Å². The van der Waals surface area contributed by atoms with Crippen molar-refractivity contribution >= 4 is 11.2 Å². The van der Waals surface area contributed by atoms with Crippen molar-refractivity contribution in [1.82, 2.24) is 24.5 Å². The van der Waals surface area contributed by atoms with E-state index in [1.807, 2.05) is 0 Å². The summed E-state index contributed by atoms with van der Waals surface area (Å²) in [6, 6.07) is 3.49. The SMILES string of the molecule is COc1ncccc1-c1nc2c([nH]1)c(=O)[nH]c(=O)n2C. The zero-order chi connectivity index (χ0) is 14.3. The van der Waals surface area contributed by atoms with Crippen LogP contribution in [0.2, 0.25) is 0 Å². The lowest BCUT2D eigenvalue weighted by Crippen LogP contribution is -2.28. The number of aryl methyl sites for hydroxylation is 1. The van der Waals surface area contributed by atoms with E-state index < -0.39 is 11.2 Å². The summed E-state index contributed by atoms with van der Waals surface area (Å²) in [6.07, 6.45) is 1.59. The fourth-order valence-corrected chi connectivity index (χ4v) is 1.97. The number of imidazole rings is 1. The van der Waals surface area contributed by atoms with Crippen molar-refractivity contribution in [3.63, 3.8) is 0 Å². The van der Waals surface area contributed by atoms with Gasteiger partial charge in [0.25, 0.3) is 5.56 Å². The molecular weight excluding hydrogens is 262 g/mol. The van der Waals surface area contributed by atoms with Crippen LogP contribution < -0.4 is 16.0 Å². The Morgan fingerprint density at radius 3 is 2.85 bits per heavy atom. The number of hydrogen-bond donors (Lipinski definition) is 2. The minimum Gasteiger partial charge on any atom is -0.480 e. The van der Waals surface area contributed by atoms with Crippen LogP contribution in [0.25, 0.3) is 22.6 Å². The van der Waals surface area contributed by atoms with Crippen LogP contribution in [0.1, 0.15) is 0 Å². The van der Waals surface area contributed by atoms with E-state index in [1.54, 1.807) is 18.3 Å². The first kappa shape index (κ1) is 12.2. The second kappa shape index (κ2) is 4.34. The fourth-order valence-electron chi connectivity index (χ4n) is 1.97. The van der Waals surface area contributed by atoms with Crippen molar-refractivity contribution in [2.75, 3.05) is 7.11 Å². The van der Waals surface area contributed by atoms with Gasteiger partial charge in [0.1, 0.15) is 11.3 Å². The van der Waals surface area contributed by atoms with E-state index in [2.05, 4.69) is 19.9 Å². The molecule has 0 saturated heterocycles. The highest BCUT2D eigenvalue weighted by Gasteiger charge is 2.15. The van der Waals surface area contributed by atoms with E-state index in [0.29, 0.717) is 17.3 Å². The number of methoxy groups -OCH3 is 1. The number of aromatic amines is 2.